The minimum absolute atomic E-state index is 0.0220. The van der Waals surface area contributed by atoms with Gasteiger partial charge in [0.1, 0.15) is 17.9 Å². The Morgan fingerprint density at radius 1 is 1.38 bits per heavy atom. The number of urea groups is 1. The molecule has 1 unspecified atom stereocenters. The molecule has 6 nitrogen and oxygen atoms in total. The summed E-state index contributed by atoms with van der Waals surface area (Å²) in [7, 11) is 0. The quantitative estimate of drug-likeness (QED) is 0.637. The Hall–Kier alpha value is -2.24. The van der Waals surface area contributed by atoms with Crippen LogP contribution in [0.5, 0.6) is 5.75 Å². The molecule has 0 saturated carbocycles. The maximum Gasteiger partial charge on any atom is 0.325 e. The molecule has 0 radical (unpaired) electrons. The van der Waals surface area contributed by atoms with Gasteiger partial charge in [-0.05, 0) is 25.0 Å². The van der Waals surface area contributed by atoms with Gasteiger partial charge in [0.2, 0.25) is 0 Å². The fourth-order valence-corrected chi connectivity index (χ4v) is 2.17. The zero-order valence-electron chi connectivity index (χ0n) is 12.6. The number of carbonyl (C=O) groups is 2. The number of rotatable bonds is 5. The highest BCUT2D eigenvalue weighted by molar-refractivity contribution is 6.06. The zero-order chi connectivity index (χ0) is 15.6. The van der Waals surface area contributed by atoms with Gasteiger partial charge >= 0.3 is 6.03 Å². The molecule has 114 valence electrons. The van der Waals surface area contributed by atoms with Crippen LogP contribution in [-0.4, -0.2) is 35.5 Å². The molecule has 0 aliphatic carbocycles. The number of anilines is 1. The van der Waals surface area contributed by atoms with Crippen molar-refractivity contribution in [1.82, 2.24) is 10.2 Å². The number of nitrogens with two attached hydrogens (primary N) is 1. The lowest BCUT2D eigenvalue weighted by Gasteiger charge is -2.25. The standard InChI is InChI=1S/C15H21N3O3/c1-10(2)15(3)13(19)18(14(20)17-15)7-8-21-12-6-4-5-11(16)9-12/h4-6,9-10H,7-8,16H2,1-3H3,(H,17,20). The molecule has 6 heteroatoms. The summed E-state index contributed by atoms with van der Waals surface area (Å²) < 4.78 is 5.52. The van der Waals surface area contributed by atoms with Crippen LogP contribution < -0.4 is 15.8 Å². The number of nitrogens with zero attached hydrogens (tertiary/aromatic N) is 1. The number of ether oxygens (including phenoxy) is 1. The SMILES string of the molecule is CC(C)C1(C)NC(=O)N(CCOc2cccc(N)c2)C1=O. The zero-order valence-corrected chi connectivity index (χ0v) is 12.6. The smallest absolute Gasteiger partial charge is 0.325 e. The van der Waals surface area contributed by atoms with E-state index in [2.05, 4.69) is 5.32 Å². The molecule has 1 fully saturated rings. The van der Waals surface area contributed by atoms with Gasteiger partial charge in [-0.1, -0.05) is 19.9 Å². The predicted molar refractivity (Wildman–Crippen MR) is 79.8 cm³/mol. The second-order valence-corrected chi connectivity index (χ2v) is 5.66. The molecule has 0 aromatic heterocycles. The van der Waals surface area contributed by atoms with Crippen molar-refractivity contribution in [1.29, 1.82) is 0 Å². The van der Waals surface area contributed by atoms with Gasteiger partial charge in [0.15, 0.2) is 0 Å². The van der Waals surface area contributed by atoms with Crippen molar-refractivity contribution in [3.05, 3.63) is 24.3 Å². The van der Waals surface area contributed by atoms with Gasteiger partial charge in [0.25, 0.3) is 5.91 Å². The number of benzene rings is 1. The van der Waals surface area contributed by atoms with Crippen LogP contribution in [0.4, 0.5) is 10.5 Å². The maximum atomic E-state index is 12.3. The number of nitrogen functional groups attached to an aromatic ring is 1. The minimum atomic E-state index is -0.839. The number of carbonyl (C=O) groups excluding carboxylic acids is 2. The van der Waals surface area contributed by atoms with Gasteiger partial charge in [-0.15, -0.1) is 0 Å². The van der Waals surface area contributed by atoms with E-state index < -0.39 is 5.54 Å². The van der Waals surface area contributed by atoms with Crippen molar-refractivity contribution >= 4 is 17.6 Å². The Morgan fingerprint density at radius 2 is 2.10 bits per heavy atom. The average molecular weight is 291 g/mol. The van der Waals surface area contributed by atoms with E-state index >= 15 is 0 Å². The molecule has 1 aromatic carbocycles. The van der Waals surface area contributed by atoms with E-state index in [1.54, 1.807) is 31.2 Å². The summed E-state index contributed by atoms with van der Waals surface area (Å²) in [5.74, 6) is 0.432. The maximum absolute atomic E-state index is 12.3. The van der Waals surface area contributed by atoms with Crippen LogP contribution in [-0.2, 0) is 4.79 Å². The van der Waals surface area contributed by atoms with E-state index in [4.69, 9.17) is 10.5 Å². The van der Waals surface area contributed by atoms with Crippen molar-refractivity contribution < 1.29 is 14.3 Å². The van der Waals surface area contributed by atoms with Crippen molar-refractivity contribution in [2.24, 2.45) is 5.92 Å². The highest BCUT2D eigenvalue weighted by Crippen LogP contribution is 2.25. The highest BCUT2D eigenvalue weighted by Gasteiger charge is 2.49. The van der Waals surface area contributed by atoms with Crippen LogP contribution in [0.25, 0.3) is 0 Å². The summed E-state index contributed by atoms with van der Waals surface area (Å²) in [5, 5.41) is 2.75. The second-order valence-electron chi connectivity index (χ2n) is 5.66. The first-order chi connectivity index (χ1) is 9.84. The fourth-order valence-electron chi connectivity index (χ4n) is 2.17. The lowest BCUT2D eigenvalue weighted by atomic mass is 9.88. The Morgan fingerprint density at radius 3 is 2.67 bits per heavy atom. The number of amides is 3. The predicted octanol–water partition coefficient (Wildman–Crippen LogP) is 1.61. The third-order valence-electron chi connectivity index (χ3n) is 3.90. The number of hydrogen-bond donors (Lipinski definition) is 2. The van der Waals surface area contributed by atoms with Crippen LogP contribution >= 0.6 is 0 Å². The lowest BCUT2D eigenvalue weighted by Crippen LogP contribution is -2.48. The summed E-state index contributed by atoms with van der Waals surface area (Å²) >= 11 is 0. The van der Waals surface area contributed by atoms with Crippen LogP contribution in [0.1, 0.15) is 20.8 Å². The third-order valence-corrected chi connectivity index (χ3v) is 3.90. The van der Waals surface area contributed by atoms with E-state index in [0.717, 1.165) is 0 Å². The largest absolute Gasteiger partial charge is 0.492 e. The van der Waals surface area contributed by atoms with E-state index in [1.807, 2.05) is 13.8 Å². The molecule has 0 bridgehead atoms. The minimum Gasteiger partial charge on any atom is -0.492 e. The first kappa shape index (κ1) is 15.2. The van der Waals surface area contributed by atoms with Gasteiger partial charge < -0.3 is 15.8 Å². The van der Waals surface area contributed by atoms with Crippen LogP contribution in [0.15, 0.2) is 24.3 Å². The summed E-state index contributed by atoms with van der Waals surface area (Å²) in [6.07, 6.45) is 0. The second kappa shape index (κ2) is 5.63. The van der Waals surface area contributed by atoms with Crippen molar-refractivity contribution in [3.8, 4) is 5.75 Å². The van der Waals surface area contributed by atoms with Crippen molar-refractivity contribution in [3.63, 3.8) is 0 Å². The molecule has 21 heavy (non-hydrogen) atoms. The summed E-state index contributed by atoms with van der Waals surface area (Å²) in [4.78, 5) is 25.5. The monoisotopic (exact) mass is 291 g/mol. The van der Waals surface area contributed by atoms with Crippen LogP contribution in [0.2, 0.25) is 0 Å². The van der Waals surface area contributed by atoms with E-state index in [-0.39, 0.29) is 31.0 Å². The molecule has 1 aliphatic rings. The Balaban J connectivity index is 1.95. The molecule has 2 rings (SSSR count). The molecular weight excluding hydrogens is 270 g/mol. The molecule has 1 heterocycles. The molecule has 3 N–H and O–H groups in total. The van der Waals surface area contributed by atoms with Gasteiger partial charge in [-0.3, -0.25) is 9.69 Å². The van der Waals surface area contributed by atoms with E-state index in [0.29, 0.717) is 11.4 Å². The van der Waals surface area contributed by atoms with E-state index in [1.165, 1.54) is 4.90 Å². The molecule has 3 amide bonds. The van der Waals surface area contributed by atoms with Crippen LogP contribution in [0, 0.1) is 5.92 Å². The van der Waals surface area contributed by atoms with Gasteiger partial charge in [-0.2, -0.15) is 0 Å². The first-order valence-electron chi connectivity index (χ1n) is 6.97. The van der Waals surface area contributed by atoms with E-state index in [9.17, 15) is 9.59 Å². The van der Waals surface area contributed by atoms with Crippen molar-refractivity contribution in [2.45, 2.75) is 26.3 Å². The number of hydrogen-bond acceptors (Lipinski definition) is 4. The molecule has 0 spiro atoms. The fraction of sp³-hybridized carbons (Fsp3) is 0.467. The van der Waals surface area contributed by atoms with Crippen molar-refractivity contribution in [2.75, 3.05) is 18.9 Å². The first-order valence-corrected chi connectivity index (χ1v) is 6.97. The van der Waals surface area contributed by atoms with Gasteiger partial charge in [0.05, 0.1) is 6.54 Å². The highest BCUT2D eigenvalue weighted by atomic mass is 16.5. The lowest BCUT2D eigenvalue weighted by molar-refractivity contribution is -0.132. The van der Waals surface area contributed by atoms with Gasteiger partial charge in [-0.25, -0.2) is 4.79 Å². The van der Waals surface area contributed by atoms with Gasteiger partial charge in [0, 0.05) is 11.8 Å². The number of imide groups is 1. The third kappa shape index (κ3) is 2.94. The number of nitrogens with one attached hydrogen (secondary N) is 1. The molecule has 1 saturated heterocycles. The molecule has 1 atom stereocenters. The summed E-state index contributed by atoms with van der Waals surface area (Å²) in [6.45, 7) is 6.01. The Labute approximate surface area is 124 Å². The topological polar surface area (TPSA) is 84.7 Å². The normalized spacial score (nSPS) is 21.8. The Bertz CT molecular complexity index is 559. The molecular formula is C15H21N3O3. The Kier molecular flexibility index (Phi) is 4.06. The van der Waals surface area contributed by atoms with Crippen LogP contribution in [0.3, 0.4) is 0 Å². The summed E-state index contributed by atoms with van der Waals surface area (Å²) in [5.41, 5.74) is 5.42. The molecule has 1 aliphatic heterocycles. The molecule has 1 aromatic rings. The average Bonchev–Trinajstić information content (AvgIpc) is 2.63. The summed E-state index contributed by atoms with van der Waals surface area (Å²) in [6, 6.07) is 6.66.